The van der Waals surface area contributed by atoms with E-state index in [1.807, 2.05) is 60.7 Å². The Hall–Kier alpha value is -4.56. The number of carbonyl (C=O) groups is 1. The van der Waals surface area contributed by atoms with Crippen LogP contribution in [0.1, 0.15) is 48.9 Å². The van der Waals surface area contributed by atoms with Gasteiger partial charge in [0.25, 0.3) is 0 Å². The van der Waals surface area contributed by atoms with Gasteiger partial charge in [-0.1, -0.05) is 93.6 Å². The molecule has 1 unspecified atom stereocenters. The van der Waals surface area contributed by atoms with Crippen LogP contribution < -0.4 is 15.2 Å². The topological polar surface area (TPSA) is 85.3 Å². The minimum Gasteiger partial charge on any atom is -0.440 e. The highest BCUT2D eigenvalue weighted by Gasteiger charge is 2.31. The van der Waals surface area contributed by atoms with Gasteiger partial charge < -0.3 is 15.2 Å². The molecule has 5 rings (SSSR count). The summed E-state index contributed by atoms with van der Waals surface area (Å²) in [6.07, 6.45) is 0.142. The van der Waals surface area contributed by atoms with E-state index in [1.165, 1.54) is 5.56 Å². The zero-order valence-electron chi connectivity index (χ0n) is 21.1. The molecule has 0 bridgehead atoms. The average Bonchev–Trinajstić information content (AvgIpc) is 2.87. The number of ether oxygens (including phenoxy) is 2. The van der Waals surface area contributed by atoms with Crippen molar-refractivity contribution < 1.29 is 14.3 Å². The molecule has 184 valence electrons. The normalized spacial score (nSPS) is 15.0. The summed E-state index contributed by atoms with van der Waals surface area (Å²) in [5.74, 6) is 0.140. The summed E-state index contributed by atoms with van der Waals surface area (Å²) in [6, 6.07) is 29.5. The van der Waals surface area contributed by atoms with Crippen LogP contribution in [-0.4, -0.2) is 5.97 Å². The smallest absolute Gasteiger partial charge is 0.315 e. The van der Waals surface area contributed by atoms with Gasteiger partial charge >= 0.3 is 5.97 Å². The summed E-state index contributed by atoms with van der Waals surface area (Å²) in [4.78, 5) is 12.8. The fourth-order valence-electron chi connectivity index (χ4n) is 4.79. The van der Waals surface area contributed by atoms with E-state index >= 15 is 0 Å². The van der Waals surface area contributed by atoms with Crippen molar-refractivity contribution in [1.29, 1.82) is 5.26 Å². The molecule has 4 aromatic carbocycles. The van der Waals surface area contributed by atoms with Crippen molar-refractivity contribution in [2.24, 2.45) is 5.73 Å². The summed E-state index contributed by atoms with van der Waals surface area (Å²) >= 11 is 0. The lowest BCUT2D eigenvalue weighted by Gasteiger charge is -2.27. The maximum absolute atomic E-state index is 12.8. The van der Waals surface area contributed by atoms with Crippen molar-refractivity contribution in [3.8, 4) is 17.6 Å². The van der Waals surface area contributed by atoms with E-state index in [4.69, 9.17) is 15.2 Å². The molecule has 1 aliphatic heterocycles. The van der Waals surface area contributed by atoms with Crippen LogP contribution >= 0.6 is 0 Å². The number of hydrogen-bond donors (Lipinski definition) is 1. The van der Waals surface area contributed by atoms with Gasteiger partial charge in [-0.2, -0.15) is 5.26 Å². The number of benzene rings is 4. The summed E-state index contributed by atoms with van der Waals surface area (Å²) in [5.41, 5.74) is 10.4. The highest BCUT2D eigenvalue weighted by atomic mass is 16.5. The largest absolute Gasteiger partial charge is 0.440 e. The molecule has 5 heteroatoms. The highest BCUT2D eigenvalue weighted by molar-refractivity contribution is 5.89. The lowest BCUT2D eigenvalue weighted by molar-refractivity contribution is -0.133. The van der Waals surface area contributed by atoms with Crippen LogP contribution in [0.2, 0.25) is 0 Å². The van der Waals surface area contributed by atoms with Gasteiger partial charge in [-0.25, -0.2) is 0 Å². The van der Waals surface area contributed by atoms with Gasteiger partial charge in [0.1, 0.15) is 23.1 Å². The zero-order valence-corrected chi connectivity index (χ0v) is 21.1. The molecular formula is C32H28N2O3. The predicted octanol–water partition coefficient (Wildman–Crippen LogP) is 6.50. The average molecular weight is 489 g/mol. The van der Waals surface area contributed by atoms with Gasteiger partial charge in [-0.3, -0.25) is 4.79 Å². The number of hydrogen-bond acceptors (Lipinski definition) is 5. The SMILES string of the molecule is CC(C)(C)c1ccc(C2C(C#N)=C(N)Oc3cc(OC(=O)Cc4cccc5ccccc45)ccc32)cc1. The molecule has 1 atom stereocenters. The quantitative estimate of drug-likeness (QED) is 0.262. The monoisotopic (exact) mass is 488 g/mol. The van der Waals surface area contributed by atoms with Crippen molar-refractivity contribution in [1.82, 2.24) is 0 Å². The third-order valence-electron chi connectivity index (χ3n) is 6.75. The van der Waals surface area contributed by atoms with E-state index < -0.39 is 0 Å². The molecule has 0 aromatic heterocycles. The lowest BCUT2D eigenvalue weighted by Crippen LogP contribution is -2.21. The van der Waals surface area contributed by atoms with Crippen molar-refractivity contribution >= 4 is 16.7 Å². The Kier molecular flexibility index (Phi) is 6.19. The Balaban J connectivity index is 1.42. The summed E-state index contributed by atoms with van der Waals surface area (Å²) in [7, 11) is 0. The molecule has 0 spiro atoms. The number of nitriles is 1. The minimum absolute atomic E-state index is 0.0177. The van der Waals surface area contributed by atoms with Gasteiger partial charge in [-0.05, 0) is 38.9 Å². The molecule has 5 nitrogen and oxygen atoms in total. The number of nitrogens with two attached hydrogens (primary N) is 1. The minimum atomic E-state index is -0.373. The Morgan fingerprint density at radius 2 is 1.73 bits per heavy atom. The van der Waals surface area contributed by atoms with Crippen LogP contribution in [0.3, 0.4) is 0 Å². The van der Waals surface area contributed by atoms with Gasteiger partial charge in [0.15, 0.2) is 0 Å². The van der Waals surface area contributed by atoms with Gasteiger partial charge in [0.05, 0.1) is 12.3 Å². The van der Waals surface area contributed by atoms with Crippen molar-refractivity contribution in [2.45, 2.75) is 38.5 Å². The second-order valence-corrected chi connectivity index (χ2v) is 10.3. The van der Waals surface area contributed by atoms with E-state index in [1.54, 1.807) is 12.1 Å². The van der Waals surface area contributed by atoms with Crippen LogP contribution in [0.4, 0.5) is 0 Å². The van der Waals surface area contributed by atoms with Gasteiger partial charge in [-0.15, -0.1) is 0 Å². The third-order valence-corrected chi connectivity index (χ3v) is 6.75. The molecule has 1 aliphatic rings. The third kappa shape index (κ3) is 4.79. The second-order valence-electron chi connectivity index (χ2n) is 10.3. The van der Waals surface area contributed by atoms with Crippen LogP contribution in [0, 0.1) is 11.3 Å². The van der Waals surface area contributed by atoms with Crippen molar-refractivity contribution in [3.05, 3.63) is 119 Å². The number of carbonyl (C=O) groups excluding carboxylic acids is 1. The maximum Gasteiger partial charge on any atom is 0.315 e. The molecule has 0 saturated heterocycles. The lowest BCUT2D eigenvalue weighted by atomic mass is 9.81. The molecule has 0 amide bonds. The second kappa shape index (κ2) is 9.48. The summed E-state index contributed by atoms with van der Waals surface area (Å²) in [5, 5.41) is 12.0. The van der Waals surface area contributed by atoms with Crippen molar-refractivity contribution in [3.63, 3.8) is 0 Å². The highest BCUT2D eigenvalue weighted by Crippen LogP contribution is 2.43. The Labute approximate surface area is 216 Å². The van der Waals surface area contributed by atoms with E-state index in [2.05, 4.69) is 39.0 Å². The van der Waals surface area contributed by atoms with Gasteiger partial charge in [0, 0.05) is 11.6 Å². The number of allylic oxidation sites excluding steroid dienone is 1. The molecule has 1 heterocycles. The van der Waals surface area contributed by atoms with Crippen LogP contribution in [0.15, 0.2) is 96.4 Å². The Morgan fingerprint density at radius 1 is 1.00 bits per heavy atom. The maximum atomic E-state index is 12.8. The van der Waals surface area contributed by atoms with E-state index in [0.29, 0.717) is 17.1 Å². The zero-order chi connectivity index (χ0) is 26.2. The van der Waals surface area contributed by atoms with E-state index in [9.17, 15) is 10.1 Å². The van der Waals surface area contributed by atoms with Gasteiger partial charge in [0.2, 0.25) is 5.88 Å². The standard InChI is InChI=1S/C32H28N2O3/c1-32(2,3)23-13-11-21(12-14-23)30-26-16-15-24(18-28(26)37-31(34)27(30)19-33)36-29(35)17-22-9-6-8-20-7-4-5-10-25(20)22/h4-16,18,30H,17,34H2,1-3H3. The van der Waals surface area contributed by atoms with E-state index in [-0.39, 0.29) is 29.6 Å². The molecular weight excluding hydrogens is 460 g/mol. The number of fused-ring (bicyclic) bond motifs is 2. The molecule has 4 aromatic rings. The first-order chi connectivity index (χ1) is 17.7. The fraction of sp³-hybridized carbons (Fsp3) is 0.188. The number of rotatable bonds is 4. The van der Waals surface area contributed by atoms with Crippen molar-refractivity contribution in [2.75, 3.05) is 0 Å². The first kappa shape index (κ1) is 24.1. The van der Waals surface area contributed by atoms with E-state index in [0.717, 1.165) is 27.5 Å². The Bertz CT molecular complexity index is 1570. The van der Waals surface area contributed by atoms with Crippen LogP contribution in [0.25, 0.3) is 10.8 Å². The summed E-state index contributed by atoms with van der Waals surface area (Å²) < 4.78 is 11.5. The van der Waals surface area contributed by atoms with Crippen LogP contribution in [-0.2, 0) is 16.6 Å². The molecule has 0 fully saturated rings. The first-order valence-electron chi connectivity index (χ1n) is 12.2. The fourth-order valence-corrected chi connectivity index (χ4v) is 4.79. The molecule has 2 N–H and O–H groups in total. The molecule has 0 radical (unpaired) electrons. The number of esters is 1. The molecule has 0 aliphatic carbocycles. The Morgan fingerprint density at radius 3 is 2.46 bits per heavy atom. The first-order valence-corrected chi connectivity index (χ1v) is 12.2. The molecule has 0 saturated carbocycles. The molecule has 37 heavy (non-hydrogen) atoms. The number of nitrogens with zero attached hydrogens (tertiary/aromatic N) is 1. The summed E-state index contributed by atoms with van der Waals surface area (Å²) in [6.45, 7) is 6.48. The predicted molar refractivity (Wildman–Crippen MR) is 144 cm³/mol. The van der Waals surface area contributed by atoms with Crippen LogP contribution in [0.5, 0.6) is 11.5 Å².